The van der Waals surface area contributed by atoms with Gasteiger partial charge in [0.05, 0.1) is 6.54 Å². The summed E-state index contributed by atoms with van der Waals surface area (Å²) in [5.41, 5.74) is 1.83. The van der Waals surface area contributed by atoms with Crippen LogP contribution in [0.15, 0.2) is 35.3 Å². The van der Waals surface area contributed by atoms with Crippen LogP contribution in [0.5, 0.6) is 0 Å². The van der Waals surface area contributed by atoms with Crippen LogP contribution in [0.1, 0.15) is 18.4 Å². The Hall–Kier alpha value is -1.51. The number of likely N-dealkylation sites (N-methyl/N-ethyl adjacent to an activating group) is 1. The monoisotopic (exact) mass is 229 g/mol. The van der Waals surface area contributed by atoms with Crippen molar-refractivity contribution < 1.29 is 0 Å². The zero-order valence-electron chi connectivity index (χ0n) is 10.3. The van der Waals surface area contributed by atoms with Gasteiger partial charge in [-0.1, -0.05) is 30.3 Å². The van der Waals surface area contributed by atoms with Crippen LogP contribution in [-0.2, 0) is 5.41 Å². The largest absolute Gasteiger partial charge is 0.355 e. The van der Waals surface area contributed by atoms with E-state index in [2.05, 4.69) is 52.6 Å². The third kappa shape index (κ3) is 2.02. The molecule has 1 aromatic carbocycles. The van der Waals surface area contributed by atoms with Crippen LogP contribution in [0.25, 0.3) is 0 Å². The first kappa shape index (κ1) is 10.6. The molecule has 17 heavy (non-hydrogen) atoms. The number of aliphatic imine (C=N–C) groups is 1. The maximum Gasteiger partial charge on any atom is 0.193 e. The van der Waals surface area contributed by atoms with Crippen molar-refractivity contribution in [2.75, 3.05) is 26.7 Å². The Kier molecular flexibility index (Phi) is 2.54. The molecule has 1 N–H and O–H groups in total. The summed E-state index contributed by atoms with van der Waals surface area (Å²) in [4.78, 5) is 6.67. The fourth-order valence-corrected chi connectivity index (χ4v) is 2.48. The summed E-state index contributed by atoms with van der Waals surface area (Å²) in [6, 6.07) is 10.8. The summed E-state index contributed by atoms with van der Waals surface area (Å²) >= 11 is 0. The molecule has 3 rings (SSSR count). The summed E-state index contributed by atoms with van der Waals surface area (Å²) in [5, 5.41) is 3.51. The van der Waals surface area contributed by atoms with Gasteiger partial charge in [-0.05, 0) is 18.4 Å². The molecule has 1 fully saturated rings. The lowest BCUT2D eigenvalue weighted by atomic mass is 9.96. The van der Waals surface area contributed by atoms with Gasteiger partial charge in [0, 0.05) is 25.6 Å². The second-order valence-electron chi connectivity index (χ2n) is 5.13. The molecule has 1 aliphatic carbocycles. The van der Waals surface area contributed by atoms with Crippen molar-refractivity contribution in [3.8, 4) is 0 Å². The summed E-state index contributed by atoms with van der Waals surface area (Å²) < 4.78 is 0. The molecule has 1 aromatic rings. The Morgan fingerprint density at radius 2 is 2.06 bits per heavy atom. The number of benzene rings is 1. The van der Waals surface area contributed by atoms with Crippen LogP contribution >= 0.6 is 0 Å². The first-order valence-electron chi connectivity index (χ1n) is 6.35. The van der Waals surface area contributed by atoms with E-state index in [-0.39, 0.29) is 0 Å². The van der Waals surface area contributed by atoms with E-state index in [1.54, 1.807) is 0 Å². The van der Waals surface area contributed by atoms with Crippen LogP contribution < -0.4 is 5.32 Å². The van der Waals surface area contributed by atoms with Crippen LogP contribution in [0, 0.1) is 0 Å². The fraction of sp³-hybridized carbons (Fsp3) is 0.500. The van der Waals surface area contributed by atoms with E-state index in [4.69, 9.17) is 0 Å². The highest BCUT2D eigenvalue weighted by Crippen LogP contribution is 2.47. The van der Waals surface area contributed by atoms with Gasteiger partial charge in [-0.3, -0.25) is 4.99 Å². The quantitative estimate of drug-likeness (QED) is 0.852. The van der Waals surface area contributed by atoms with Gasteiger partial charge in [0.15, 0.2) is 5.96 Å². The first-order valence-corrected chi connectivity index (χ1v) is 6.35. The van der Waals surface area contributed by atoms with Crippen LogP contribution in [0.3, 0.4) is 0 Å². The smallest absolute Gasteiger partial charge is 0.193 e. The number of guanidine groups is 1. The minimum atomic E-state index is 0.368. The Labute approximate surface area is 103 Å². The van der Waals surface area contributed by atoms with Crippen molar-refractivity contribution in [2.45, 2.75) is 18.3 Å². The molecule has 2 aliphatic rings. The highest BCUT2D eigenvalue weighted by molar-refractivity contribution is 5.81. The van der Waals surface area contributed by atoms with Gasteiger partial charge in [-0.2, -0.15) is 0 Å². The molecule has 0 spiro atoms. The minimum absolute atomic E-state index is 0.368. The molecule has 0 bridgehead atoms. The van der Waals surface area contributed by atoms with E-state index in [0.29, 0.717) is 5.41 Å². The number of nitrogens with zero attached hydrogens (tertiary/aromatic N) is 2. The Morgan fingerprint density at radius 3 is 2.65 bits per heavy atom. The zero-order chi connectivity index (χ0) is 11.7. The molecular weight excluding hydrogens is 210 g/mol. The van der Waals surface area contributed by atoms with Crippen molar-refractivity contribution in [3.05, 3.63) is 35.9 Å². The summed E-state index contributed by atoms with van der Waals surface area (Å²) in [6.45, 7) is 2.98. The molecule has 1 heterocycles. The summed E-state index contributed by atoms with van der Waals surface area (Å²) in [5.74, 6) is 1.06. The average molecular weight is 229 g/mol. The fourth-order valence-electron chi connectivity index (χ4n) is 2.48. The second kappa shape index (κ2) is 4.06. The molecule has 1 aliphatic heterocycles. The lowest BCUT2D eigenvalue weighted by Crippen LogP contribution is -2.39. The lowest BCUT2D eigenvalue weighted by molar-refractivity contribution is 0.523. The van der Waals surface area contributed by atoms with E-state index < -0.39 is 0 Å². The highest BCUT2D eigenvalue weighted by Gasteiger charge is 2.44. The Morgan fingerprint density at radius 1 is 1.29 bits per heavy atom. The molecule has 0 aromatic heterocycles. The van der Waals surface area contributed by atoms with Gasteiger partial charge >= 0.3 is 0 Å². The van der Waals surface area contributed by atoms with E-state index in [1.165, 1.54) is 18.4 Å². The van der Waals surface area contributed by atoms with Crippen molar-refractivity contribution in [3.63, 3.8) is 0 Å². The van der Waals surface area contributed by atoms with Gasteiger partial charge < -0.3 is 10.2 Å². The normalized spacial score (nSPS) is 21.2. The van der Waals surface area contributed by atoms with E-state index >= 15 is 0 Å². The van der Waals surface area contributed by atoms with E-state index in [9.17, 15) is 0 Å². The molecule has 0 radical (unpaired) electrons. The lowest BCUT2D eigenvalue weighted by Gasteiger charge is -2.20. The first-order chi connectivity index (χ1) is 8.30. The Bertz CT molecular complexity index is 420. The maximum atomic E-state index is 4.47. The average Bonchev–Trinajstić information content (AvgIpc) is 3.06. The highest BCUT2D eigenvalue weighted by atomic mass is 15.3. The third-order valence-electron chi connectivity index (χ3n) is 3.88. The van der Waals surface area contributed by atoms with Gasteiger partial charge in [0.1, 0.15) is 0 Å². The SMILES string of the molecule is CN1CCN=C1NCC1(c2ccccc2)CC1. The number of rotatable bonds is 3. The molecule has 3 heteroatoms. The van der Waals surface area contributed by atoms with Crippen molar-refractivity contribution >= 4 is 5.96 Å². The maximum absolute atomic E-state index is 4.47. The molecule has 3 nitrogen and oxygen atoms in total. The molecule has 1 saturated carbocycles. The molecule has 0 saturated heterocycles. The van der Waals surface area contributed by atoms with Crippen LogP contribution in [0.4, 0.5) is 0 Å². The van der Waals surface area contributed by atoms with Gasteiger partial charge in [0.2, 0.25) is 0 Å². The molecular formula is C14H19N3. The van der Waals surface area contributed by atoms with E-state index in [0.717, 1.165) is 25.6 Å². The van der Waals surface area contributed by atoms with Crippen molar-refractivity contribution in [1.82, 2.24) is 10.2 Å². The predicted octanol–water partition coefficient (Wildman–Crippen LogP) is 1.61. The van der Waals surface area contributed by atoms with Crippen molar-refractivity contribution in [2.24, 2.45) is 4.99 Å². The third-order valence-corrected chi connectivity index (χ3v) is 3.88. The standard InChI is InChI=1S/C14H19N3/c1-17-10-9-15-13(17)16-11-14(7-8-14)12-5-3-2-4-6-12/h2-6H,7-11H2,1H3,(H,15,16). The van der Waals surface area contributed by atoms with E-state index in [1.807, 2.05) is 0 Å². The van der Waals surface area contributed by atoms with Crippen molar-refractivity contribution in [1.29, 1.82) is 0 Å². The topological polar surface area (TPSA) is 27.6 Å². The summed E-state index contributed by atoms with van der Waals surface area (Å²) in [6.07, 6.45) is 2.59. The second-order valence-corrected chi connectivity index (χ2v) is 5.13. The molecule has 0 unspecified atom stereocenters. The molecule has 0 atom stereocenters. The molecule has 0 amide bonds. The van der Waals surface area contributed by atoms with Gasteiger partial charge in [-0.15, -0.1) is 0 Å². The molecule has 90 valence electrons. The number of hydrogen-bond donors (Lipinski definition) is 1. The van der Waals surface area contributed by atoms with Gasteiger partial charge in [0.25, 0.3) is 0 Å². The van der Waals surface area contributed by atoms with Crippen LogP contribution in [0.2, 0.25) is 0 Å². The number of nitrogens with one attached hydrogen (secondary N) is 1. The Balaban J connectivity index is 1.66. The zero-order valence-corrected chi connectivity index (χ0v) is 10.3. The number of hydrogen-bond acceptors (Lipinski definition) is 3. The summed E-state index contributed by atoms with van der Waals surface area (Å²) in [7, 11) is 2.10. The minimum Gasteiger partial charge on any atom is -0.355 e. The van der Waals surface area contributed by atoms with Crippen LogP contribution in [-0.4, -0.2) is 37.5 Å². The predicted molar refractivity (Wildman–Crippen MR) is 70.3 cm³/mol. The van der Waals surface area contributed by atoms with Gasteiger partial charge in [-0.25, -0.2) is 0 Å².